The van der Waals surface area contributed by atoms with Gasteiger partial charge in [-0.2, -0.15) is 4.98 Å². The fourth-order valence-corrected chi connectivity index (χ4v) is 6.61. The zero-order valence-electron chi connectivity index (χ0n) is 29.7. The van der Waals surface area contributed by atoms with Crippen LogP contribution in [-0.2, 0) is 27.7 Å². The minimum absolute atomic E-state index is 0.0643. The van der Waals surface area contributed by atoms with E-state index in [4.69, 9.17) is 9.47 Å². The van der Waals surface area contributed by atoms with Crippen LogP contribution in [0.2, 0.25) is 0 Å². The quantitative estimate of drug-likeness (QED) is 0.125. The largest absolute Gasteiger partial charge is 0.478 e. The predicted molar refractivity (Wildman–Crippen MR) is 199 cm³/mol. The molecule has 0 aliphatic rings. The second-order valence-electron chi connectivity index (χ2n) is 13.4. The van der Waals surface area contributed by atoms with Gasteiger partial charge >= 0.3 is 12.1 Å². The number of sulfonamides is 1. The molecule has 11 nitrogen and oxygen atoms in total. The SMILES string of the molecule is Cc1cccc(C)c1-c1cc(OC(Cc2ccccc2)CN(Cc2ccccc2)C(=O)OC(C)(C)C)nc(NS(=O)(=O)c2cccc(C(=O)O)c2)n1. The summed E-state index contributed by atoms with van der Waals surface area (Å²) in [5.41, 5.74) is 3.87. The van der Waals surface area contributed by atoms with E-state index in [-0.39, 0.29) is 35.4 Å². The molecule has 0 aliphatic carbocycles. The van der Waals surface area contributed by atoms with Crippen molar-refractivity contribution in [2.75, 3.05) is 11.3 Å². The second-order valence-corrected chi connectivity index (χ2v) is 15.1. The van der Waals surface area contributed by atoms with Crippen molar-refractivity contribution in [1.82, 2.24) is 14.9 Å². The highest BCUT2D eigenvalue weighted by Gasteiger charge is 2.27. The minimum Gasteiger partial charge on any atom is -0.478 e. The molecule has 52 heavy (non-hydrogen) atoms. The highest BCUT2D eigenvalue weighted by Crippen LogP contribution is 2.30. The number of ether oxygens (including phenoxy) is 2. The molecule has 0 aliphatic heterocycles. The standard InChI is InChI=1S/C40H42N4O7S/c1-27-14-12-15-28(2)36(27)34-24-35(42-38(41-34)43-52(48,49)33-21-13-20-31(23-33)37(45)46)50-32(22-29-16-8-6-9-17-29)26-44(39(47)51-40(3,4)5)25-30-18-10-7-11-19-30/h6-21,23-24,32H,22,25-26H2,1-5H3,(H,45,46)(H,41,42,43). The van der Waals surface area contributed by atoms with Gasteiger partial charge in [-0.15, -0.1) is 0 Å². The number of carboxylic acids is 1. The zero-order chi connectivity index (χ0) is 37.5. The molecule has 4 aromatic carbocycles. The van der Waals surface area contributed by atoms with E-state index in [2.05, 4.69) is 14.7 Å². The van der Waals surface area contributed by atoms with E-state index in [1.165, 1.54) is 18.2 Å². The van der Waals surface area contributed by atoms with Gasteiger partial charge in [-0.25, -0.2) is 27.7 Å². The molecule has 5 aromatic rings. The third kappa shape index (κ3) is 10.2. The van der Waals surface area contributed by atoms with Crippen LogP contribution in [0.4, 0.5) is 10.7 Å². The Morgan fingerprint density at radius 3 is 2.06 bits per heavy atom. The number of carboxylic acid groups (broad SMARTS) is 1. The van der Waals surface area contributed by atoms with Gasteiger partial charge in [-0.05, 0) is 75.1 Å². The van der Waals surface area contributed by atoms with E-state index in [0.717, 1.165) is 33.9 Å². The number of benzene rings is 4. The monoisotopic (exact) mass is 722 g/mol. The number of hydrogen-bond donors (Lipinski definition) is 2. The molecule has 2 N–H and O–H groups in total. The van der Waals surface area contributed by atoms with Gasteiger partial charge in [0.25, 0.3) is 10.0 Å². The summed E-state index contributed by atoms with van der Waals surface area (Å²) in [4.78, 5) is 35.6. The molecular weight excluding hydrogens is 681 g/mol. The third-order valence-electron chi connectivity index (χ3n) is 7.94. The lowest BCUT2D eigenvalue weighted by Crippen LogP contribution is -2.43. The average Bonchev–Trinajstić information content (AvgIpc) is 3.08. The molecule has 0 fully saturated rings. The maximum absolute atomic E-state index is 13.6. The Hall–Kier alpha value is -5.75. The normalized spacial score (nSPS) is 12.1. The number of nitrogens with zero attached hydrogens (tertiary/aromatic N) is 3. The van der Waals surface area contributed by atoms with E-state index >= 15 is 0 Å². The van der Waals surface area contributed by atoms with Crippen LogP contribution in [-0.4, -0.2) is 58.7 Å². The summed E-state index contributed by atoms with van der Waals surface area (Å²) in [6, 6.07) is 31.6. The van der Waals surface area contributed by atoms with Gasteiger partial charge in [0.2, 0.25) is 11.8 Å². The van der Waals surface area contributed by atoms with Crippen molar-refractivity contribution in [3.8, 4) is 17.1 Å². The van der Waals surface area contributed by atoms with Crippen molar-refractivity contribution in [2.45, 2.75) is 64.2 Å². The summed E-state index contributed by atoms with van der Waals surface area (Å²) >= 11 is 0. The number of aromatic carboxylic acids is 1. The number of aromatic nitrogens is 2. The number of rotatable bonds is 13. The fraction of sp³-hybridized carbons (Fsp3) is 0.250. The van der Waals surface area contributed by atoms with Crippen LogP contribution in [0, 0.1) is 13.8 Å². The van der Waals surface area contributed by atoms with Gasteiger partial charge in [0.15, 0.2) is 0 Å². The van der Waals surface area contributed by atoms with Crippen LogP contribution in [0.1, 0.15) is 53.4 Å². The van der Waals surface area contributed by atoms with Crippen molar-refractivity contribution >= 4 is 28.0 Å². The summed E-state index contributed by atoms with van der Waals surface area (Å²) in [7, 11) is -4.33. The Balaban J connectivity index is 1.57. The maximum atomic E-state index is 13.6. The Morgan fingerprint density at radius 1 is 0.827 bits per heavy atom. The van der Waals surface area contributed by atoms with E-state index in [0.29, 0.717) is 12.1 Å². The predicted octanol–water partition coefficient (Wildman–Crippen LogP) is 7.69. The highest BCUT2D eigenvalue weighted by atomic mass is 32.2. The summed E-state index contributed by atoms with van der Waals surface area (Å²) < 4.78 is 42.0. The van der Waals surface area contributed by atoms with Crippen LogP contribution >= 0.6 is 0 Å². The minimum atomic E-state index is -4.33. The third-order valence-corrected chi connectivity index (χ3v) is 9.27. The van der Waals surface area contributed by atoms with Crippen LogP contribution in [0.15, 0.2) is 114 Å². The second kappa shape index (κ2) is 16.1. The van der Waals surface area contributed by atoms with Gasteiger partial charge in [0, 0.05) is 24.6 Å². The molecule has 0 radical (unpaired) electrons. The lowest BCUT2D eigenvalue weighted by molar-refractivity contribution is 0.0146. The lowest BCUT2D eigenvalue weighted by atomic mass is 10.00. The molecular formula is C40H42N4O7S. The van der Waals surface area contributed by atoms with Crippen molar-refractivity contribution in [2.24, 2.45) is 0 Å². The van der Waals surface area contributed by atoms with Crippen molar-refractivity contribution in [1.29, 1.82) is 0 Å². The van der Waals surface area contributed by atoms with Gasteiger partial charge in [-0.1, -0.05) is 84.9 Å². The van der Waals surface area contributed by atoms with Gasteiger partial charge in [-0.3, -0.25) is 0 Å². The fourth-order valence-electron chi connectivity index (χ4n) is 5.62. The molecule has 0 bridgehead atoms. The van der Waals surface area contributed by atoms with E-state index in [1.807, 2.05) is 92.7 Å². The first kappa shape index (κ1) is 37.5. The maximum Gasteiger partial charge on any atom is 0.410 e. The van der Waals surface area contributed by atoms with Crippen molar-refractivity contribution < 1.29 is 32.6 Å². The van der Waals surface area contributed by atoms with Crippen LogP contribution in [0.5, 0.6) is 5.88 Å². The first-order valence-corrected chi connectivity index (χ1v) is 18.2. The van der Waals surface area contributed by atoms with E-state index in [9.17, 15) is 23.1 Å². The summed E-state index contributed by atoms with van der Waals surface area (Å²) in [6.45, 7) is 9.62. The topological polar surface area (TPSA) is 148 Å². The number of anilines is 1. The molecule has 1 heterocycles. The Labute approximate surface area is 304 Å². The Morgan fingerprint density at radius 2 is 1.44 bits per heavy atom. The molecule has 1 unspecified atom stereocenters. The molecule has 1 amide bonds. The van der Waals surface area contributed by atoms with Crippen LogP contribution in [0.25, 0.3) is 11.3 Å². The van der Waals surface area contributed by atoms with E-state index in [1.54, 1.807) is 31.7 Å². The summed E-state index contributed by atoms with van der Waals surface area (Å²) in [5, 5.41) is 9.45. The molecule has 5 rings (SSSR count). The Bertz CT molecular complexity index is 2120. The smallest absolute Gasteiger partial charge is 0.410 e. The van der Waals surface area contributed by atoms with Gasteiger partial charge in [0.1, 0.15) is 11.7 Å². The van der Waals surface area contributed by atoms with Crippen LogP contribution < -0.4 is 9.46 Å². The number of hydrogen-bond acceptors (Lipinski definition) is 8. The molecule has 0 saturated heterocycles. The summed E-state index contributed by atoms with van der Waals surface area (Å²) in [6.07, 6.45) is -0.814. The first-order chi connectivity index (χ1) is 24.7. The first-order valence-electron chi connectivity index (χ1n) is 16.7. The lowest BCUT2D eigenvalue weighted by Gasteiger charge is -2.30. The summed E-state index contributed by atoms with van der Waals surface area (Å²) in [5.74, 6) is -1.48. The highest BCUT2D eigenvalue weighted by molar-refractivity contribution is 7.92. The average molecular weight is 723 g/mol. The molecule has 270 valence electrons. The van der Waals surface area contributed by atoms with Gasteiger partial charge in [0.05, 0.1) is 22.7 Å². The number of nitrogens with one attached hydrogen (secondary N) is 1. The number of amides is 1. The van der Waals surface area contributed by atoms with Gasteiger partial charge < -0.3 is 19.5 Å². The molecule has 12 heteroatoms. The number of carbonyl (C=O) groups excluding carboxylic acids is 1. The number of aryl methyl sites for hydroxylation is 2. The van der Waals surface area contributed by atoms with E-state index < -0.39 is 33.8 Å². The Kier molecular flexibility index (Phi) is 11.6. The number of carbonyl (C=O) groups is 2. The zero-order valence-corrected chi connectivity index (χ0v) is 30.6. The van der Waals surface area contributed by atoms with Crippen molar-refractivity contribution in [3.63, 3.8) is 0 Å². The molecule has 0 saturated carbocycles. The van der Waals surface area contributed by atoms with Crippen molar-refractivity contribution in [3.05, 3.63) is 137 Å². The molecule has 1 atom stereocenters. The molecule has 0 spiro atoms. The molecule has 1 aromatic heterocycles. The van der Waals surface area contributed by atoms with Crippen LogP contribution in [0.3, 0.4) is 0 Å².